The molecule has 3 aromatic rings. The van der Waals surface area contributed by atoms with Crippen molar-refractivity contribution < 1.29 is 37.0 Å². The van der Waals surface area contributed by atoms with Gasteiger partial charge in [-0.05, 0) is 49.7 Å². The molecule has 0 heterocycles. The molecule has 43 heavy (non-hydrogen) atoms. The Morgan fingerprint density at radius 3 is 2.14 bits per heavy atom. The molecule has 0 spiro atoms. The van der Waals surface area contributed by atoms with Gasteiger partial charge in [0.15, 0.2) is 11.5 Å². The zero-order chi connectivity index (χ0) is 31.7. The standard InChI is InChI=1S/C30H36ClN3O8S/c1-7-32-30(36)20(2)33(18-21-10-8-9-11-24(21)31)29(35)19-34(25-16-22(39-3)12-14-26(25)40-4)43(37,38)23-13-15-27(41-5)28(17-23)42-6/h8-17,20H,7,18-19H2,1-6H3,(H,32,36)/t20-/m0/s1. The number of nitrogens with zero attached hydrogens (tertiary/aromatic N) is 2. The number of anilines is 1. The number of sulfonamides is 1. The van der Waals surface area contributed by atoms with Gasteiger partial charge in [0.05, 0.1) is 39.0 Å². The quantitative estimate of drug-likeness (QED) is 0.281. The molecule has 0 saturated carbocycles. The molecule has 0 aliphatic carbocycles. The summed E-state index contributed by atoms with van der Waals surface area (Å²) in [5.74, 6) is -0.0578. The lowest BCUT2D eigenvalue weighted by Crippen LogP contribution is -2.51. The molecule has 3 rings (SSSR count). The number of ether oxygens (including phenoxy) is 4. The van der Waals surface area contributed by atoms with Crippen molar-refractivity contribution >= 4 is 39.1 Å². The van der Waals surface area contributed by atoms with Crippen molar-refractivity contribution in [3.8, 4) is 23.0 Å². The minimum Gasteiger partial charge on any atom is -0.497 e. The van der Waals surface area contributed by atoms with Crippen LogP contribution in [0.5, 0.6) is 23.0 Å². The molecule has 0 radical (unpaired) electrons. The van der Waals surface area contributed by atoms with E-state index in [-0.39, 0.29) is 28.6 Å². The number of rotatable bonds is 14. The smallest absolute Gasteiger partial charge is 0.265 e. The first-order chi connectivity index (χ1) is 20.5. The number of nitrogens with one attached hydrogen (secondary N) is 1. The van der Waals surface area contributed by atoms with Crippen molar-refractivity contribution in [2.75, 3.05) is 45.8 Å². The lowest BCUT2D eigenvalue weighted by molar-refractivity contribution is -0.139. The summed E-state index contributed by atoms with van der Waals surface area (Å²) in [6.07, 6.45) is 0. The monoisotopic (exact) mass is 633 g/mol. The predicted molar refractivity (Wildman–Crippen MR) is 164 cm³/mol. The molecule has 0 aliphatic heterocycles. The van der Waals surface area contributed by atoms with Crippen LogP contribution in [0.4, 0.5) is 5.69 Å². The second-order valence-electron chi connectivity index (χ2n) is 9.25. The second kappa shape index (κ2) is 14.8. The lowest BCUT2D eigenvalue weighted by Gasteiger charge is -2.32. The fourth-order valence-corrected chi connectivity index (χ4v) is 5.95. The fraction of sp³-hybridized carbons (Fsp3) is 0.333. The van der Waals surface area contributed by atoms with E-state index in [1.165, 1.54) is 63.7 Å². The molecule has 0 fully saturated rings. The highest BCUT2D eigenvalue weighted by Crippen LogP contribution is 2.38. The van der Waals surface area contributed by atoms with E-state index in [0.717, 1.165) is 4.31 Å². The first-order valence-corrected chi connectivity index (χ1v) is 15.1. The Bertz CT molecular complexity index is 1550. The molecule has 0 bridgehead atoms. The van der Waals surface area contributed by atoms with Gasteiger partial charge >= 0.3 is 0 Å². The number of likely N-dealkylation sites (N-methyl/N-ethyl adjacent to an activating group) is 1. The molecule has 0 aromatic heterocycles. The highest BCUT2D eigenvalue weighted by atomic mass is 35.5. The van der Waals surface area contributed by atoms with Crippen LogP contribution < -0.4 is 28.6 Å². The fourth-order valence-electron chi connectivity index (χ4n) is 4.32. The van der Waals surface area contributed by atoms with Crippen LogP contribution in [0.1, 0.15) is 19.4 Å². The van der Waals surface area contributed by atoms with Crippen molar-refractivity contribution in [3.63, 3.8) is 0 Å². The highest BCUT2D eigenvalue weighted by Gasteiger charge is 2.34. The van der Waals surface area contributed by atoms with Gasteiger partial charge in [-0.3, -0.25) is 13.9 Å². The summed E-state index contributed by atoms with van der Waals surface area (Å²) in [4.78, 5) is 28.2. The molecule has 3 aromatic carbocycles. The first-order valence-electron chi connectivity index (χ1n) is 13.3. The van der Waals surface area contributed by atoms with Crippen LogP contribution in [0.2, 0.25) is 5.02 Å². The van der Waals surface area contributed by atoms with E-state index in [1.54, 1.807) is 44.2 Å². The third-order valence-electron chi connectivity index (χ3n) is 6.69. The Hall–Kier alpha value is -4.16. The molecule has 0 unspecified atom stereocenters. The molecule has 232 valence electrons. The van der Waals surface area contributed by atoms with E-state index >= 15 is 0 Å². The van der Waals surface area contributed by atoms with Crippen molar-refractivity contribution in [3.05, 3.63) is 71.2 Å². The second-order valence-corrected chi connectivity index (χ2v) is 11.5. The number of benzene rings is 3. The van der Waals surface area contributed by atoms with Crippen LogP contribution in [0.15, 0.2) is 65.6 Å². The van der Waals surface area contributed by atoms with Gasteiger partial charge in [0.1, 0.15) is 24.1 Å². The van der Waals surface area contributed by atoms with E-state index in [2.05, 4.69) is 5.32 Å². The topological polar surface area (TPSA) is 124 Å². The number of carbonyl (C=O) groups excluding carboxylic acids is 2. The SMILES string of the molecule is CCNC(=O)[C@H](C)N(Cc1ccccc1Cl)C(=O)CN(c1cc(OC)ccc1OC)S(=O)(=O)c1ccc(OC)c(OC)c1. The molecule has 1 atom stereocenters. The average Bonchev–Trinajstić information content (AvgIpc) is 3.02. The molecule has 13 heteroatoms. The van der Waals surface area contributed by atoms with Crippen LogP contribution in [-0.2, 0) is 26.2 Å². The Balaban J connectivity index is 2.18. The van der Waals surface area contributed by atoms with Gasteiger partial charge in [0.25, 0.3) is 10.0 Å². The van der Waals surface area contributed by atoms with Gasteiger partial charge in [-0.1, -0.05) is 29.8 Å². The summed E-state index contributed by atoms with van der Waals surface area (Å²) in [6.45, 7) is 2.94. The number of amides is 2. The summed E-state index contributed by atoms with van der Waals surface area (Å²) in [6, 6.07) is 14.7. The predicted octanol–water partition coefficient (Wildman–Crippen LogP) is 4.12. The minimum atomic E-state index is -4.45. The van der Waals surface area contributed by atoms with Crippen LogP contribution in [0.25, 0.3) is 0 Å². The van der Waals surface area contributed by atoms with E-state index in [1.807, 2.05) is 0 Å². The van der Waals surface area contributed by atoms with Gasteiger partial charge < -0.3 is 29.2 Å². The number of carbonyl (C=O) groups is 2. The van der Waals surface area contributed by atoms with Gasteiger partial charge in [0, 0.05) is 30.2 Å². The Kier molecular flexibility index (Phi) is 11.5. The summed E-state index contributed by atoms with van der Waals surface area (Å²) in [5, 5.41) is 3.11. The average molecular weight is 634 g/mol. The van der Waals surface area contributed by atoms with Crippen LogP contribution in [0.3, 0.4) is 0 Å². The van der Waals surface area contributed by atoms with Gasteiger partial charge in [-0.2, -0.15) is 0 Å². The number of halogens is 1. The van der Waals surface area contributed by atoms with Crippen molar-refractivity contribution in [1.29, 1.82) is 0 Å². The van der Waals surface area contributed by atoms with Crippen LogP contribution >= 0.6 is 11.6 Å². The lowest BCUT2D eigenvalue weighted by atomic mass is 10.1. The summed E-state index contributed by atoms with van der Waals surface area (Å²) >= 11 is 6.40. The zero-order valence-corrected chi connectivity index (χ0v) is 26.5. The Morgan fingerprint density at radius 2 is 1.53 bits per heavy atom. The molecule has 0 aliphatic rings. The molecule has 2 amide bonds. The van der Waals surface area contributed by atoms with Crippen molar-refractivity contribution in [2.45, 2.75) is 31.3 Å². The van der Waals surface area contributed by atoms with Gasteiger partial charge in [-0.25, -0.2) is 8.42 Å². The maximum absolute atomic E-state index is 14.3. The van der Waals surface area contributed by atoms with E-state index < -0.39 is 34.4 Å². The largest absolute Gasteiger partial charge is 0.497 e. The van der Waals surface area contributed by atoms with Gasteiger partial charge in [-0.15, -0.1) is 0 Å². The van der Waals surface area contributed by atoms with E-state index in [0.29, 0.717) is 28.6 Å². The summed E-state index contributed by atoms with van der Waals surface area (Å²) in [7, 11) is 1.19. The normalized spacial score (nSPS) is 11.7. The van der Waals surface area contributed by atoms with Crippen molar-refractivity contribution in [2.24, 2.45) is 0 Å². The third-order valence-corrected chi connectivity index (χ3v) is 8.82. The molecular weight excluding hydrogens is 598 g/mol. The molecular formula is C30H36ClN3O8S. The zero-order valence-electron chi connectivity index (χ0n) is 24.9. The first kappa shape index (κ1) is 33.3. The maximum atomic E-state index is 14.3. The maximum Gasteiger partial charge on any atom is 0.265 e. The van der Waals surface area contributed by atoms with Crippen molar-refractivity contribution in [1.82, 2.24) is 10.2 Å². The number of methoxy groups -OCH3 is 4. The number of hydrogen-bond acceptors (Lipinski definition) is 8. The number of hydrogen-bond donors (Lipinski definition) is 1. The van der Waals surface area contributed by atoms with Crippen LogP contribution in [-0.4, -0.2) is 72.7 Å². The molecule has 11 nitrogen and oxygen atoms in total. The highest BCUT2D eigenvalue weighted by molar-refractivity contribution is 7.92. The minimum absolute atomic E-state index is 0.0453. The molecule has 1 N–H and O–H groups in total. The van der Waals surface area contributed by atoms with E-state index in [9.17, 15) is 18.0 Å². The Labute approximate surface area is 257 Å². The Morgan fingerprint density at radius 1 is 0.884 bits per heavy atom. The summed E-state index contributed by atoms with van der Waals surface area (Å²) < 4.78 is 51.0. The van der Waals surface area contributed by atoms with Crippen LogP contribution in [0, 0.1) is 0 Å². The van der Waals surface area contributed by atoms with Gasteiger partial charge in [0.2, 0.25) is 11.8 Å². The molecule has 0 saturated heterocycles. The summed E-state index contributed by atoms with van der Waals surface area (Å²) in [5.41, 5.74) is 0.635. The van der Waals surface area contributed by atoms with E-state index in [4.69, 9.17) is 30.5 Å². The third kappa shape index (κ3) is 7.63.